The predicted octanol–water partition coefficient (Wildman–Crippen LogP) is 6.05. The molecule has 1 fully saturated rings. The van der Waals surface area contributed by atoms with Gasteiger partial charge in [-0.25, -0.2) is 4.79 Å². The average molecular weight is 447 g/mol. The molecule has 4 nitrogen and oxygen atoms in total. The third-order valence-corrected chi connectivity index (χ3v) is 5.69. The van der Waals surface area contributed by atoms with E-state index in [1.54, 1.807) is 29.2 Å². The monoisotopic (exact) mass is 445 g/mol. The van der Waals surface area contributed by atoms with E-state index in [-0.39, 0.29) is 12.1 Å². The molecule has 1 aromatic rings. The van der Waals surface area contributed by atoms with E-state index in [0.29, 0.717) is 16.9 Å². The van der Waals surface area contributed by atoms with Crippen LogP contribution in [0.25, 0.3) is 0 Å². The lowest BCUT2D eigenvalue weighted by Gasteiger charge is -2.34. The van der Waals surface area contributed by atoms with Gasteiger partial charge >= 0.3 is 6.09 Å². The van der Waals surface area contributed by atoms with Gasteiger partial charge in [0.15, 0.2) is 0 Å². The number of rotatable bonds is 9. The summed E-state index contributed by atoms with van der Waals surface area (Å²) in [6.45, 7) is 0.853. The zero-order chi connectivity index (χ0) is 18.8. The molecular weight excluding hydrogens is 418 g/mol. The van der Waals surface area contributed by atoms with E-state index in [0.717, 1.165) is 44.0 Å². The Bertz CT molecular complexity index is 532. The Morgan fingerprint density at radius 1 is 1.12 bits per heavy atom. The molecule has 0 aliphatic heterocycles. The lowest BCUT2D eigenvalue weighted by Crippen LogP contribution is -2.42. The van der Waals surface area contributed by atoms with Crippen molar-refractivity contribution >= 4 is 33.6 Å². The van der Waals surface area contributed by atoms with Crippen LogP contribution in [0.2, 0.25) is 5.02 Å². The van der Waals surface area contributed by atoms with Gasteiger partial charge in [0, 0.05) is 30.0 Å². The largest absolute Gasteiger partial charge is 0.415 e. The van der Waals surface area contributed by atoms with E-state index in [1.165, 1.54) is 19.3 Å². The van der Waals surface area contributed by atoms with Crippen LogP contribution in [-0.2, 0) is 4.74 Å². The fourth-order valence-corrected chi connectivity index (χ4v) is 3.75. The number of ether oxygens (including phenoxy) is 2. The van der Waals surface area contributed by atoms with Gasteiger partial charge in [-0.1, -0.05) is 40.4 Å². The van der Waals surface area contributed by atoms with Gasteiger partial charge in [0.05, 0.1) is 6.10 Å². The van der Waals surface area contributed by atoms with Crippen molar-refractivity contribution < 1.29 is 14.3 Å². The number of amides is 1. The van der Waals surface area contributed by atoms with Crippen LogP contribution in [0.15, 0.2) is 24.3 Å². The average Bonchev–Trinajstić information content (AvgIpc) is 2.66. The molecule has 1 amide bonds. The van der Waals surface area contributed by atoms with Crippen LogP contribution in [0.5, 0.6) is 5.75 Å². The number of hydrogen-bond donors (Lipinski definition) is 0. The summed E-state index contributed by atoms with van der Waals surface area (Å²) in [4.78, 5) is 14.0. The van der Waals surface area contributed by atoms with Crippen molar-refractivity contribution in [3.05, 3.63) is 29.3 Å². The maximum atomic E-state index is 12.3. The van der Waals surface area contributed by atoms with Gasteiger partial charge in [-0.2, -0.15) is 0 Å². The number of carbonyl (C=O) groups is 1. The second kappa shape index (κ2) is 11.8. The Morgan fingerprint density at radius 2 is 1.77 bits per heavy atom. The van der Waals surface area contributed by atoms with E-state index < -0.39 is 0 Å². The van der Waals surface area contributed by atoms with Crippen molar-refractivity contribution in [2.24, 2.45) is 0 Å². The highest BCUT2D eigenvalue weighted by Gasteiger charge is 2.27. The first kappa shape index (κ1) is 21.5. The maximum absolute atomic E-state index is 12.3. The van der Waals surface area contributed by atoms with Crippen LogP contribution in [0, 0.1) is 0 Å². The first-order chi connectivity index (χ1) is 12.6. The summed E-state index contributed by atoms with van der Waals surface area (Å²) in [5, 5.41) is 1.71. The molecule has 1 saturated carbocycles. The second-order valence-electron chi connectivity index (χ2n) is 6.84. The van der Waals surface area contributed by atoms with Crippen molar-refractivity contribution in [2.75, 3.05) is 19.0 Å². The summed E-state index contributed by atoms with van der Waals surface area (Å²) >= 11 is 9.31. The molecule has 0 spiro atoms. The topological polar surface area (TPSA) is 38.8 Å². The molecule has 26 heavy (non-hydrogen) atoms. The van der Waals surface area contributed by atoms with E-state index in [2.05, 4.69) is 15.9 Å². The number of unbranched alkanes of at least 4 members (excludes halogenated alkanes) is 3. The molecule has 146 valence electrons. The minimum atomic E-state index is -0.316. The van der Waals surface area contributed by atoms with Gasteiger partial charge in [0.25, 0.3) is 0 Å². The molecule has 0 aromatic heterocycles. The second-order valence-corrected chi connectivity index (χ2v) is 8.07. The Hall–Kier alpha value is -0.780. The summed E-state index contributed by atoms with van der Waals surface area (Å²) in [5.74, 6) is 0.517. The lowest BCUT2D eigenvalue weighted by molar-refractivity contribution is 0.0105. The molecular formula is C20H29BrClNO3. The van der Waals surface area contributed by atoms with Crippen LogP contribution in [0.3, 0.4) is 0 Å². The minimum Gasteiger partial charge on any atom is -0.410 e. The van der Waals surface area contributed by atoms with Crippen molar-refractivity contribution in [3.63, 3.8) is 0 Å². The van der Waals surface area contributed by atoms with Crippen LogP contribution >= 0.6 is 27.5 Å². The van der Waals surface area contributed by atoms with E-state index in [4.69, 9.17) is 21.1 Å². The summed E-state index contributed by atoms with van der Waals surface area (Å²) in [6, 6.07) is 7.06. The standard InChI is InChI=1S/C20H29BrClNO3/c1-23(20(24)26-19-10-6-16(22)7-11-19)17-8-12-18(13-9-17)25-15-5-3-2-4-14-21/h6-7,10-11,17-18H,2-5,8-9,12-15H2,1H3. The van der Waals surface area contributed by atoms with Crippen LogP contribution < -0.4 is 4.74 Å². The van der Waals surface area contributed by atoms with Gasteiger partial charge in [0.1, 0.15) is 5.75 Å². The number of nitrogens with zero attached hydrogens (tertiary/aromatic N) is 1. The number of hydrogen-bond acceptors (Lipinski definition) is 3. The van der Waals surface area contributed by atoms with Crippen LogP contribution in [0.1, 0.15) is 51.4 Å². The fraction of sp³-hybridized carbons (Fsp3) is 0.650. The van der Waals surface area contributed by atoms with Gasteiger partial charge in [-0.15, -0.1) is 0 Å². The molecule has 1 aliphatic rings. The number of halogens is 2. The van der Waals surface area contributed by atoms with Gasteiger partial charge in [-0.05, 0) is 62.8 Å². The lowest BCUT2D eigenvalue weighted by atomic mass is 9.92. The predicted molar refractivity (Wildman–Crippen MR) is 109 cm³/mol. The highest BCUT2D eigenvalue weighted by Crippen LogP contribution is 2.26. The highest BCUT2D eigenvalue weighted by atomic mass is 79.9. The minimum absolute atomic E-state index is 0.216. The normalized spacial score (nSPS) is 20.0. The molecule has 0 saturated heterocycles. The molecule has 0 heterocycles. The quantitative estimate of drug-likeness (QED) is 0.342. The molecule has 2 rings (SSSR count). The first-order valence-electron chi connectivity index (χ1n) is 9.48. The summed E-state index contributed by atoms with van der Waals surface area (Å²) < 4.78 is 11.4. The molecule has 1 aromatic carbocycles. The molecule has 6 heteroatoms. The Balaban J connectivity index is 1.64. The summed E-state index contributed by atoms with van der Waals surface area (Å²) in [7, 11) is 1.81. The molecule has 0 atom stereocenters. The van der Waals surface area contributed by atoms with E-state index in [9.17, 15) is 4.79 Å². The van der Waals surface area contributed by atoms with E-state index in [1.807, 2.05) is 7.05 Å². The van der Waals surface area contributed by atoms with Gasteiger partial charge < -0.3 is 14.4 Å². The number of benzene rings is 1. The van der Waals surface area contributed by atoms with Gasteiger partial charge in [-0.3, -0.25) is 0 Å². The third-order valence-electron chi connectivity index (χ3n) is 4.88. The highest BCUT2D eigenvalue weighted by molar-refractivity contribution is 9.09. The maximum Gasteiger partial charge on any atom is 0.415 e. The SMILES string of the molecule is CN(C(=O)Oc1ccc(Cl)cc1)C1CCC(OCCCCCCBr)CC1. The number of alkyl halides is 1. The van der Waals surface area contributed by atoms with E-state index >= 15 is 0 Å². The molecule has 1 aliphatic carbocycles. The summed E-state index contributed by atoms with van der Waals surface area (Å²) in [5.41, 5.74) is 0. The molecule has 0 radical (unpaired) electrons. The van der Waals surface area contributed by atoms with Crippen molar-refractivity contribution in [1.82, 2.24) is 4.90 Å². The van der Waals surface area contributed by atoms with Crippen LogP contribution in [-0.4, -0.2) is 42.1 Å². The Morgan fingerprint density at radius 3 is 2.42 bits per heavy atom. The Labute approximate surface area is 170 Å². The van der Waals surface area contributed by atoms with Gasteiger partial charge in [0.2, 0.25) is 0 Å². The van der Waals surface area contributed by atoms with Crippen molar-refractivity contribution in [3.8, 4) is 5.75 Å². The fourth-order valence-electron chi connectivity index (χ4n) is 3.22. The number of carbonyl (C=O) groups excluding carboxylic acids is 1. The third kappa shape index (κ3) is 7.45. The zero-order valence-electron chi connectivity index (χ0n) is 15.5. The van der Waals surface area contributed by atoms with Crippen molar-refractivity contribution in [1.29, 1.82) is 0 Å². The first-order valence-corrected chi connectivity index (χ1v) is 11.0. The molecule has 0 unspecified atom stereocenters. The van der Waals surface area contributed by atoms with Crippen molar-refractivity contribution in [2.45, 2.75) is 63.5 Å². The van der Waals surface area contributed by atoms with Crippen LogP contribution in [0.4, 0.5) is 4.79 Å². The zero-order valence-corrected chi connectivity index (χ0v) is 17.8. The molecule has 0 bridgehead atoms. The smallest absolute Gasteiger partial charge is 0.410 e. The molecule has 0 N–H and O–H groups in total. The summed E-state index contributed by atoms with van der Waals surface area (Å²) in [6.07, 6.45) is 8.83. The Kier molecular flexibility index (Phi) is 9.79.